The maximum Gasteiger partial charge on any atom is 0.335 e. The van der Waals surface area contributed by atoms with Crippen LogP contribution in [0.25, 0.3) is 0 Å². The molecule has 0 unspecified atom stereocenters. The Balaban J connectivity index is 2.24. The lowest BCUT2D eigenvalue weighted by Crippen LogP contribution is -2.21. The molecule has 2 aromatic rings. The maximum absolute atomic E-state index is 12.5. The van der Waals surface area contributed by atoms with Crippen LogP contribution in [0.15, 0.2) is 48.5 Å². The minimum absolute atomic E-state index is 0.126. The van der Waals surface area contributed by atoms with Crippen molar-refractivity contribution in [3.05, 3.63) is 65.2 Å². The molecule has 0 fully saturated rings. The summed E-state index contributed by atoms with van der Waals surface area (Å²) in [5, 5.41) is 11.9. The molecule has 0 aliphatic rings. The highest BCUT2D eigenvalue weighted by Crippen LogP contribution is 2.23. The summed E-state index contributed by atoms with van der Waals surface area (Å²) in [5.41, 5.74) is 2.49. The number of carboxylic acids is 1. The zero-order chi connectivity index (χ0) is 16.1. The van der Waals surface area contributed by atoms with Crippen molar-refractivity contribution in [2.24, 2.45) is 0 Å². The number of nitrogens with one attached hydrogen (secondary N) is 1. The zero-order valence-electron chi connectivity index (χ0n) is 12.7. The number of carbonyl (C=O) groups excluding carboxylic acids is 1. The van der Waals surface area contributed by atoms with Gasteiger partial charge in [0.1, 0.15) is 0 Å². The van der Waals surface area contributed by atoms with E-state index >= 15 is 0 Å². The number of aromatic carboxylic acids is 1. The largest absolute Gasteiger partial charge is 0.478 e. The van der Waals surface area contributed by atoms with Crippen molar-refractivity contribution < 1.29 is 14.7 Å². The molecule has 4 heteroatoms. The molecule has 0 aliphatic heterocycles. The topological polar surface area (TPSA) is 66.4 Å². The summed E-state index contributed by atoms with van der Waals surface area (Å²) in [7, 11) is 0. The average molecular weight is 297 g/mol. The second-order valence-corrected chi connectivity index (χ2v) is 5.20. The predicted octanol–water partition coefficient (Wildman–Crippen LogP) is 3.83. The smallest absolute Gasteiger partial charge is 0.335 e. The lowest BCUT2D eigenvalue weighted by Gasteiger charge is -2.17. The Morgan fingerprint density at radius 1 is 1.14 bits per heavy atom. The van der Waals surface area contributed by atoms with Crippen LogP contribution in [0.2, 0.25) is 0 Å². The van der Waals surface area contributed by atoms with E-state index in [2.05, 4.69) is 5.32 Å². The van der Waals surface area contributed by atoms with Crippen molar-refractivity contribution in [3.8, 4) is 0 Å². The Labute approximate surface area is 129 Å². The normalized spacial score (nSPS) is 11.7. The van der Waals surface area contributed by atoms with Gasteiger partial charge in [-0.2, -0.15) is 0 Å². The van der Waals surface area contributed by atoms with Crippen molar-refractivity contribution in [1.82, 2.24) is 0 Å². The molecule has 2 rings (SSSR count). The molecule has 0 heterocycles. The number of anilines is 1. The molecule has 22 heavy (non-hydrogen) atoms. The molecule has 0 saturated heterocycles. The molecule has 2 N–H and O–H groups in total. The van der Waals surface area contributed by atoms with Crippen LogP contribution in [-0.4, -0.2) is 17.0 Å². The summed E-state index contributed by atoms with van der Waals surface area (Å²) in [6.07, 6.45) is 0.674. The second-order valence-electron chi connectivity index (χ2n) is 5.20. The van der Waals surface area contributed by atoms with E-state index in [4.69, 9.17) is 5.11 Å². The van der Waals surface area contributed by atoms with Gasteiger partial charge in [-0.25, -0.2) is 4.79 Å². The van der Waals surface area contributed by atoms with E-state index in [-0.39, 0.29) is 17.4 Å². The van der Waals surface area contributed by atoms with E-state index in [1.54, 1.807) is 6.07 Å². The molecule has 1 atom stereocenters. The summed E-state index contributed by atoms with van der Waals surface area (Å²) >= 11 is 0. The van der Waals surface area contributed by atoms with Crippen LogP contribution in [0, 0.1) is 6.92 Å². The van der Waals surface area contributed by atoms with Crippen molar-refractivity contribution in [2.45, 2.75) is 26.2 Å². The summed E-state index contributed by atoms with van der Waals surface area (Å²) in [6.45, 7) is 3.79. The van der Waals surface area contributed by atoms with E-state index in [0.717, 1.165) is 11.1 Å². The van der Waals surface area contributed by atoms with Crippen LogP contribution >= 0.6 is 0 Å². The number of carboxylic acid groups (broad SMARTS) is 1. The van der Waals surface area contributed by atoms with Crippen LogP contribution in [0.4, 0.5) is 5.69 Å². The molecule has 1 amide bonds. The highest BCUT2D eigenvalue weighted by Gasteiger charge is 2.19. The standard InChI is InChI=1S/C18H19NO3/c1-3-15(13-7-5-4-6-8-13)17(20)19-16-11-14(18(21)22)10-9-12(16)2/h4-11,15H,3H2,1-2H3,(H,19,20)(H,21,22)/t15-/m0/s1. The highest BCUT2D eigenvalue weighted by molar-refractivity contribution is 5.98. The summed E-state index contributed by atoms with van der Waals surface area (Å²) in [5.74, 6) is -1.39. The van der Waals surface area contributed by atoms with E-state index < -0.39 is 5.97 Å². The first-order valence-electron chi connectivity index (χ1n) is 7.22. The number of carbonyl (C=O) groups is 2. The van der Waals surface area contributed by atoms with Crippen LogP contribution in [0.1, 0.15) is 40.7 Å². The van der Waals surface area contributed by atoms with Gasteiger partial charge in [-0.05, 0) is 36.6 Å². The summed E-state index contributed by atoms with van der Waals surface area (Å²) < 4.78 is 0. The Bertz CT molecular complexity index is 680. The fourth-order valence-corrected chi connectivity index (χ4v) is 2.37. The van der Waals surface area contributed by atoms with Crippen molar-refractivity contribution in [3.63, 3.8) is 0 Å². The number of rotatable bonds is 5. The Kier molecular flexibility index (Phi) is 4.94. The molecular weight excluding hydrogens is 278 g/mol. The SMILES string of the molecule is CC[C@H](C(=O)Nc1cc(C(=O)O)ccc1C)c1ccccc1. The second kappa shape index (κ2) is 6.89. The molecule has 0 aromatic heterocycles. The number of aryl methyl sites for hydroxylation is 1. The van der Waals surface area contributed by atoms with E-state index in [1.165, 1.54) is 12.1 Å². The lowest BCUT2D eigenvalue weighted by atomic mass is 9.95. The number of hydrogen-bond donors (Lipinski definition) is 2. The molecule has 0 bridgehead atoms. The molecule has 0 spiro atoms. The molecular formula is C18H19NO3. The first-order chi connectivity index (χ1) is 10.5. The van der Waals surface area contributed by atoms with E-state index in [0.29, 0.717) is 12.1 Å². The summed E-state index contributed by atoms with van der Waals surface area (Å²) in [4.78, 5) is 23.6. The van der Waals surface area contributed by atoms with E-state index in [1.807, 2.05) is 44.2 Å². The van der Waals surface area contributed by atoms with Gasteiger partial charge in [0.2, 0.25) is 5.91 Å². The minimum Gasteiger partial charge on any atom is -0.478 e. The van der Waals surface area contributed by atoms with Gasteiger partial charge in [0.05, 0.1) is 11.5 Å². The Morgan fingerprint density at radius 3 is 2.41 bits per heavy atom. The fraction of sp³-hybridized carbons (Fsp3) is 0.222. The van der Waals surface area contributed by atoms with Gasteiger partial charge in [-0.1, -0.05) is 43.3 Å². The number of amides is 1. The van der Waals surface area contributed by atoms with Crippen LogP contribution < -0.4 is 5.32 Å². The Hall–Kier alpha value is -2.62. The quantitative estimate of drug-likeness (QED) is 0.881. The van der Waals surface area contributed by atoms with Crippen molar-refractivity contribution >= 4 is 17.6 Å². The molecule has 0 radical (unpaired) electrons. The molecule has 0 saturated carbocycles. The van der Waals surface area contributed by atoms with Crippen LogP contribution in [0.5, 0.6) is 0 Å². The monoisotopic (exact) mass is 297 g/mol. The zero-order valence-corrected chi connectivity index (χ0v) is 12.7. The van der Waals surface area contributed by atoms with Crippen molar-refractivity contribution in [2.75, 3.05) is 5.32 Å². The number of hydrogen-bond acceptors (Lipinski definition) is 2. The van der Waals surface area contributed by atoms with Gasteiger partial charge in [0.15, 0.2) is 0 Å². The third kappa shape index (κ3) is 3.52. The van der Waals surface area contributed by atoms with Gasteiger partial charge in [0, 0.05) is 5.69 Å². The first-order valence-corrected chi connectivity index (χ1v) is 7.22. The van der Waals surface area contributed by atoms with Gasteiger partial charge in [-0.3, -0.25) is 4.79 Å². The molecule has 114 valence electrons. The molecule has 0 aliphatic carbocycles. The maximum atomic E-state index is 12.5. The van der Waals surface area contributed by atoms with Crippen LogP contribution in [-0.2, 0) is 4.79 Å². The third-order valence-electron chi connectivity index (χ3n) is 3.67. The van der Waals surface area contributed by atoms with Crippen molar-refractivity contribution in [1.29, 1.82) is 0 Å². The van der Waals surface area contributed by atoms with Gasteiger partial charge < -0.3 is 10.4 Å². The minimum atomic E-state index is -1.01. The summed E-state index contributed by atoms with van der Waals surface area (Å²) in [6, 6.07) is 14.3. The lowest BCUT2D eigenvalue weighted by molar-refractivity contribution is -0.117. The van der Waals surface area contributed by atoms with Gasteiger partial charge in [0.25, 0.3) is 0 Å². The fourth-order valence-electron chi connectivity index (χ4n) is 2.37. The highest BCUT2D eigenvalue weighted by atomic mass is 16.4. The Morgan fingerprint density at radius 2 is 1.82 bits per heavy atom. The van der Waals surface area contributed by atoms with Gasteiger partial charge in [-0.15, -0.1) is 0 Å². The third-order valence-corrected chi connectivity index (χ3v) is 3.67. The predicted molar refractivity (Wildman–Crippen MR) is 86.2 cm³/mol. The van der Waals surface area contributed by atoms with E-state index in [9.17, 15) is 9.59 Å². The van der Waals surface area contributed by atoms with Gasteiger partial charge >= 0.3 is 5.97 Å². The average Bonchev–Trinajstić information content (AvgIpc) is 2.51. The first kappa shape index (κ1) is 15.8. The molecule has 2 aromatic carbocycles. The van der Waals surface area contributed by atoms with Crippen LogP contribution in [0.3, 0.4) is 0 Å². The number of benzene rings is 2. The molecule has 4 nitrogen and oxygen atoms in total.